The van der Waals surface area contributed by atoms with E-state index < -0.39 is 29.8 Å². The molecule has 0 aliphatic carbocycles. The lowest BCUT2D eigenvalue weighted by atomic mass is 9.90. The van der Waals surface area contributed by atoms with Gasteiger partial charge in [-0.1, -0.05) is 30.3 Å². The number of aromatic nitrogens is 1. The SMILES string of the molecule is O=C(O)[C@@H]1Cc2c([nH]c3ccccc23)[C@@H](c2ccc(C(F)(F)F)cc2)N1. The summed E-state index contributed by atoms with van der Waals surface area (Å²) in [5, 5.41) is 13.4. The summed E-state index contributed by atoms with van der Waals surface area (Å²) in [6.07, 6.45) is -4.10. The summed E-state index contributed by atoms with van der Waals surface area (Å²) in [5.41, 5.74) is 2.41. The second-order valence-electron chi connectivity index (χ2n) is 6.38. The predicted octanol–water partition coefficient (Wildman–Crippen LogP) is 3.88. The third-order valence-corrected chi connectivity index (χ3v) is 4.78. The van der Waals surface area contributed by atoms with Gasteiger partial charge < -0.3 is 10.1 Å². The number of nitrogens with one attached hydrogen (secondary N) is 2. The van der Waals surface area contributed by atoms with E-state index in [4.69, 9.17) is 0 Å². The summed E-state index contributed by atoms with van der Waals surface area (Å²) in [6, 6.07) is 11.0. The van der Waals surface area contributed by atoms with E-state index in [2.05, 4.69) is 10.3 Å². The first-order chi connectivity index (χ1) is 12.3. The fraction of sp³-hybridized carbons (Fsp3) is 0.211. The van der Waals surface area contributed by atoms with Gasteiger partial charge in [0.05, 0.1) is 11.6 Å². The molecule has 0 saturated heterocycles. The number of carboxylic acid groups (broad SMARTS) is 1. The standard InChI is InChI=1S/C19H15F3N2O2/c20-19(21,22)11-7-5-10(6-8-11)16-17-13(9-15(24-16)18(25)26)12-3-1-2-4-14(12)23-17/h1-8,15-16,23-24H,9H2,(H,25,26)/t15-,16+/m0/s1. The highest BCUT2D eigenvalue weighted by Crippen LogP contribution is 2.36. The van der Waals surface area contributed by atoms with Crippen LogP contribution in [0.5, 0.6) is 0 Å². The Kier molecular flexibility index (Phi) is 3.77. The molecule has 7 heteroatoms. The predicted molar refractivity (Wildman–Crippen MR) is 89.8 cm³/mol. The monoisotopic (exact) mass is 360 g/mol. The summed E-state index contributed by atoms with van der Waals surface area (Å²) in [5.74, 6) is -0.988. The Balaban J connectivity index is 1.82. The lowest BCUT2D eigenvalue weighted by Gasteiger charge is -2.29. The third-order valence-electron chi connectivity index (χ3n) is 4.78. The number of carboxylic acids is 1. The minimum absolute atomic E-state index is 0.311. The molecule has 4 nitrogen and oxygen atoms in total. The van der Waals surface area contributed by atoms with Gasteiger partial charge in [-0.05, 0) is 29.3 Å². The Morgan fingerprint density at radius 3 is 2.42 bits per heavy atom. The fourth-order valence-electron chi connectivity index (χ4n) is 3.52. The van der Waals surface area contributed by atoms with Crippen molar-refractivity contribution in [1.82, 2.24) is 10.3 Å². The van der Waals surface area contributed by atoms with Crippen molar-refractivity contribution in [3.63, 3.8) is 0 Å². The molecule has 3 N–H and O–H groups in total. The second kappa shape index (κ2) is 5.88. The van der Waals surface area contributed by atoms with Gasteiger partial charge in [0.2, 0.25) is 0 Å². The van der Waals surface area contributed by atoms with Crippen LogP contribution in [-0.4, -0.2) is 22.1 Å². The lowest BCUT2D eigenvalue weighted by molar-refractivity contribution is -0.140. The number of aliphatic carboxylic acids is 1. The first kappa shape index (κ1) is 16.7. The second-order valence-corrected chi connectivity index (χ2v) is 6.38. The van der Waals surface area contributed by atoms with Crippen LogP contribution < -0.4 is 5.32 Å². The molecule has 0 unspecified atom stereocenters. The van der Waals surface area contributed by atoms with Crippen molar-refractivity contribution in [2.75, 3.05) is 0 Å². The van der Waals surface area contributed by atoms with Crippen LogP contribution in [0.4, 0.5) is 13.2 Å². The van der Waals surface area contributed by atoms with Crippen LogP contribution in [0, 0.1) is 0 Å². The van der Waals surface area contributed by atoms with E-state index in [1.807, 2.05) is 24.3 Å². The smallest absolute Gasteiger partial charge is 0.416 e. The van der Waals surface area contributed by atoms with Crippen molar-refractivity contribution in [3.8, 4) is 0 Å². The molecular weight excluding hydrogens is 345 g/mol. The summed E-state index contributed by atoms with van der Waals surface area (Å²) in [7, 11) is 0. The number of H-pyrrole nitrogens is 1. The van der Waals surface area contributed by atoms with Crippen LogP contribution in [0.25, 0.3) is 10.9 Å². The molecule has 1 aromatic heterocycles. The maximum absolute atomic E-state index is 12.8. The van der Waals surface area contributed by atoms with Gasteiger partial charge in [0.25, 0.3) is 0 Å². The molecule has 0 saturated carbocycles. The highest BCUT2D eigenvalue weighted by Gasteiger charge is 2.35. The first-order valence-electron chi connectivity index (χ1n) is 8.10. The molecule has 0 spiro atoms. The van der Waals surface area contributed by atoms with E-state index in [-0.39, 0.29) is 0 Å². The molecular formula is C19H15F3N2O2. The fourth-order valence-corrected chi connectivity index (χ4v) is 3.52. The summed E-state index contributed by atoms with van der Waals surface area (Å²) in [4.78, 5) is 14.9. The largest absolute Gasteiger partial charge is 0.480 e. The van der Waals surface area contributed by atoms with Crippen LogP contribution in [0.3, 0.4) is 0 Å². The number of carbonyl (C=O) groups is 1. The molecule has 2 aromatic carbocycles. The number of hydrogen-bond donors (Lipinski definition) is 3. The van der Waals surface area contributed by atoms with Gasteiger partial charge in [-0.3, -0.25) is 10.1 Å². The van der Waals surface area contributed by atoms with E-state index in [9.17, 15) is 23.1 Å². The molecule has 0 bridgehead atoms. The topological polar surface area (TPSA) is 65.1 Å². The highest BCUT2D eigenvalue weighted by molar-refractivity contribution is 5.87. The Morgan fingerprint density at radius 1 is 1.08 bits per heavy atom. The van der Waals surface area contributed by atoms with Crippen LogP contribution in [0.15, 0.2) is 48.5 Å². The quantitative estimate of drug-likeness (QED) is 0.650. The summed E-state index contributed by atoms with van der Waals surface area (Å²) < 4.78 is 38.4. The molecule has 1 aliphatic rings. The summed E-state index contributed by atoms with van der Waals surface area (Å²) >= 11 is 0. The van der Waals surface area contributed by atoms with E-state index in [0.717, 1.165) is 34.3 Å². The van der Waals surface area contributed by atoms with E-state index in [0.29, 0.717) is 12.0 Å². The number of rotatable bonds is 2. The van der Waals surface area contributed by atoms with Gasteiger partial charge in [0.1, 0.15) is 6.04 Å². The van der Waals surface area contributed by atoms with Crippen molar-refractivity contribution in [2.45, 2.75) is 24.7 Å². The van der Waals surface area contributed by atoms with Gasteiger partial charge in [-0.2, -0.15) is 13.2 Å². The lowest BCUT2D eigenvalue weighted by Crippen LogP contribution is -2.44. The van der Waals surface area contributed by atoms with E-state index in [1.165, 1.54) is 12.1 Å². The molecule has 134 valence electrons. The maximum atomic E-state index is 12.8. The van der Waals surface area contributed by atoms with Crippen molar-refractivity contribution in [2.24, 2.45) is 0 Å². The van der Waals surface area contributed by atoms with Crippen LogP contribution >= 0.6 is 0 Å². The third kappa shape index (κ3) is 2.74. The first-order valence-corrected chi connectivity index (χ1v) is 8.10. The van der Waals surface area contributed by atoms with Crippen molar-refractivity contribution >= 4 is 16.9 Å². The minimum Gasteiger partial charge on any atom is -0.480 e. The zero-order valence-electron chi connectivity index (χ0n) is 13.5. The Hall–Kier alpha value is -2.80. The number of benzene rings is 2. The van der Waals surface area contributed by atoms with Gasteiger partial charge in [0.15, 0.2) is 0 Å². The minimum atomic E-state index is -4.41. The van der Waals surface area contributed by atoms with Gasteiger partial charge in [0, 0.05) is 23.0 Å². The molecule has 0 amide bonds. The average molecular weight is 360 g/mol. The average Bonchev–Trinajstić information content (AvgIpc) is 2.99. The van der Waals surface area contributed by atoms with Crippen molar-refractivity contribution in [3.05, 3.63) is 70.9 Å². The molecule has 4 rings (SSSR count). The van der Waals surface area contributed by atoms with E-state index in [1.54, 1.807) is 0 Å². The molecule has 0 radical (unpaired) electrons. The zero-order valence-corrected chi connectivity index (χ0v) is 13.5. The van der Waals surface area contributed by atoms with Crippen molar-refractivity contribution in [1.29, 1.82) is 0 Å². The number of alkyl halides is 3. The maximum Gasteiger partial charge on any atom is 0.416 e. The molecule has 1 aliphatic heterocycles. The van der Waals surface area contributed by atoms with Crippen LogP contribution in [0.2, 0.25) is 0 Å². The highest BCUT2D eigenvalue weighted by atomic mass is 19.4. The Labute approximate surface area is 146 Å². The molecule has 0 fully saturated rings. The van der Waals surface area contributed by atoms with Gasteiger partial charge >= 0.3 is 12.1 Å². The number of aromatic amines is 1. The number of halogens is 3. The molecule has 2 heterocycles. The normalized spacial score (nSPS) is 20.1. The number of fused-ring (bicyclic) bond motifs is 3. The van der Waals surface area contributed by atoms with E-state index >= 15 is 0 Å². The number of para-hydroxylation sites is 1. The number of hydrogen-bond acceptors (Lipinski definition) is 2. The van der Waals surface area contributed by atoms with Crippen molar-refractivity contribution < 1.29 is 23.1 Å². The van der Waals surface area contributed by atoms with Gasteiger partial charge in [-0.25, -0.2) is 0 Å². The molecule has 2 atom stereocenters. The Bertz CT molecular complexity index is 977. The molecule has 3 aromatic rings. The van der Waals surface area contributed by atoms with Crippen LogP contribution in [-0.2, 0) is 17.4 Å². The summed E-state index contributed by atoms with van der Waals surface area (Å²) in [6.45, 7) is 0. The van der Waals surface area contributed by atoms with Gasteiger partial charge in [-0.15, -0.1) is 0 Å². The molecule has 26 heavy (non-hydrogen) atoms. The zero-order chi connectivity index (χ0) is 18.5. The van der Waals surface area contributed by atoms with Crippen LogP contribution in [0.1, 0.15) is 28.4 Å². The Morgan fingerprint density at radius 2 is 1.77 bits per heavy atom.